The number of anilines is 2. The van der Waals surface area contributed by atoms with Crippen molar-refractivity contribution in [1.29, 1.82) is 0 Å². The van der Waals surface area contributed by atoms with Crippen LogP contribution in [0.3, 0.4) is 0 Å². The Morgan fingerprint density at radius 1 is 1.10 bits per heavy atom. The van der Waals surface area contributed by atoms with E-state index in [0.29, 0.717) is 6.54 Å². The molecule has 4 aromatic rings. The van der Waals surface area contributed by atoms with Crippen molar-refractivity contribution in [2.24, 2.45) is 0 Å². The molecule has 31 heavy (non-hydrogen) atoms. The minimum absolute atomic E-state index is 0.161. The van der Waals surface area contributed by atoms with Crippen LogP contribution in [-0.2, 0) is 0 Å². The van der Waals surface area contributed by atoms with Crippen LogP contribution in [0.4, 0.5) is 16.3 Å². The smallest absolute Gasteiger partial charge is 0.320 e. The molecule has 5 heterocycles. The zero-order valence-corrected chi connectivity index (χ0v) is 17.7. The first-order valence-electron chi connectivity index (χ1n) is 10.4. The highest BCUT2D eigenvalue weighted by Crippen LogP contribution is 2.30. The number of carbonyl (C=O) groups excluding carboxylic acids is 1. The number of amides is 2. The summed E-state index contributed by atoms with van der Waals surface area (Å²) >= 11 is 1.62. The number of aromatic nitrogens is 4. The zero-order valence-electron chi connectivity index (χ0n) is 16.8. The molecule has 2 aliphatic rings. The van der Waals surface area contributed by atoms with Crippen LogP contribution in [0.5, 0.6) is 0 Å². The van der Waals surface area contributed by atoms with Gasteiger partial charge in [-0.1, -0.05) is 6.08 Å². The molecule has 0 saturated carbocycles. The van der Waals surface area contributed by atoms with Crippen LogP contribution >= 0.6 is 11.3 Å². The third-order valence-corrected chi connectivity index (χ3v) is 6.76. The topological polar surface area (TPSA) is 90.0 Å². The molecule has 156 valence electrons. The minimum Gasteiger partial charge on any atom is -0.340 e. The monoisotopic (exact) mass is 431 g/mol. The van der Waals surface area contributed by atoms with E-state index in [2.05, 4.69) is 43.5 Å². The summed E-state index contributed by atoms with van der Waals surface area (Å²) in [7, 11) is 0. The van der Waals surface area contributed by atoms with Gasteiger partial charge in [-0.15, -0.1) is 11.3 Å². The van der Waals surface area contributed by atoms with Crippen LogP contribution < -0.4 is 5.32 Å². The number of nitrogens with one attached hydrogen (secondary N) is 2. The summed E-state index contributed by atoms with van der Waals surface area (Å²) in [5.41, 5.74) is 6.86. The molecular formula is C22H21N7OS. The van der Waals surface area contributed by atoms with Crippen molar-refractivity contribution in [3.8, 4) is 0 Å². The van der Waals surface area contributed by atoms with E-state index < -0.39 is 0 Å². The molecule has 9 heteroatoms. The van der Waals surface area contributed by atoms with Crippen molar-refractivity contribution >= 4 is 55.7 Å². The number of rotatable bonds is 3. The maximum Gasteiger partial charge on any atom is 0.320 e. The molecule has 0 spiro atoms. The van der Waals surface area contributed by atoms with Gasteiger partial charge >= 0.3 is 6.03 Å². The van der Waals surface area contributed by atoms with Gasteiger partial charge in [-0.25, -0.2) is 19.7 Å². The lowest BCUT2D eigenvalue weighted by Crippen LogP contribution is -2.50. The van der Waals surface area contributed by atoms with Crippen molar-refractivity contribution < 1.29 is 4.79 Å². The van der Waals surface area contributed by atoms with Gasteiger partial charge in [0.25, 0.3) is 0 Å². The van der Waals surface area contributed by atoms with Crippen molar-refractivity contribution in [2.75, 3.05) is 31.5 Å². The van der Waals surface area contributed by atoms with E-state index in [1.807, 2.05) is 27.4 Å². The Labute approximate surface area is 182 Å². The second-order valence-corrected chi connectivity index (χ2v) is 8.76. The molecule has 8 nitrogen and oxygen atoms in total. The molecule has 0 radical (unpaired) electrons. The zero-order chi connectivity index (χ0) is 20.8. The van der Waals surface area contributed by atoms with E-state index >= 15 is 0 Å². The van der Waals surface area contributed by atoms with Gasteiger partial charge in [-0.05, 0) is 42.7 Å². The number of carbonyl (C=O) groups is 1. The molecule has 0 unspecified atom stereocenters. The molecule has 3 aromatic heterocycles. The van der Waals surface area contributed by atoms with Crippen LogP contribution in [-0.4, -0.2) is 61.9 Å². The quantitative estimate of drug-likeness (QED) is 0.507. The Bertz CT molecular complexity index is 1320. The van der Waals surface area contributed by atoms with E-state index in [9.17, 15) is 4.79 Å². The lowest BCUT2D eigenvalue weighted by Gasteiger charge is -2.37. The molecule has 1 fully saturated rings. The number of urea groups is 1. The molecule has 2 N–H and O–H groups in total. The summed E-state index contributed by atoms with van der Waals surface area (Å²) in [6, 6.07) is 8.36. The minimum atomic E-state index is 0.161. The second-order valence-electron chi connectivity index (χ2n) is 7.88. The van der Waals surface area contributed by atoms with Crippen LogP contribution in [0, 0.1) is 0 Å². The molecule has 1 aromatic carbocycles. The molecule has 0 aliphatic carbocycles. The Kier molecular flexibility index (Phi) is 4.34. The van der Waals surface area contributed by atoms with E-state index in [1.54, 1.807) is 17.7 Å². The highest BCUT2D eigenvalue weighted by atomic mass is 32.1. The first-order chi connectivity index (χ1) is 15.2. The van der Waals surface area contributed by atoms with Gasteiger partial charge < -0.3 is 20.1 Å². The Hall–Kier alpha value is -3.46. The molecule has 2 aliphatic heterocycles. The van der Waals surface area contributed by atoms with E-state index in [4.69, 9.17) is 0 Å². The Morgan fingerprint density at radius 3 is 2.84 bits per heavy atom. The van der Waals surface area contributed by atoms with Gasteiger partial charge in [0.1, 0.15) is 17.8 Å². The average molecular weight is 432 g/mol. The maximum atomic E-state index is 12.4. The van der Waals surface area contributed by atoms with E-state index in [0.717, 1.165) is 70.9 Å². The summed E-state index contributed by atoms with van der Waals surface area (Å²) in [5, 5.41) is 4.37. The van der Waals surface area contributed by atoms with Crippen LogP contribution in [0.2, 0.25) is 0 Å². The van der Waals surface area contributed by atoms with Gasteiger partial charge in [-0.3, -0.25) is 0 Å². The summed E-state index contributed by atoms with van der Waals surface area (Å²) in [4.78, 5) is 32.9. The fourth-order valence-corrected chi connectivity index (χ4v) is 4.79. The number of aromatic amines is 1. The van der Waals surface area contributed by atoms with Crippen molar-refractivity contribution in [3.63, 3.8) is 0 Å². The summed E-state index contributed by atoms with van der Waals surface area (Å²) in [6.45, 7) is 3.16. The predicted octanol–water partition coefficient (Wildman–Crippen LogP) is 4.23. The molecular weight excluding hydrogens is 410 g/mol. The predicted molar refractivity (Wildman–Crippen MR) is 123 cm³/mol. The van der Waals surface area contributed by atoms with E-state index in [-0.39, 0.29) is 6.03 Å². The number of hydrogen-bond donors (Lipinski definition) is 2. The first-order valence-corrected chi connectivity index (χ1v) is 11.3. The maximum absolute atomic E-state index is 12.4. The number of fused-ring (bicyclic) bond motifs is 2. The number of benzene rings is 1. The SMILES string of the molecule is O=C(N1CC=C(c2cc3c(Nc4ccc5ncsc5c4)ncnc3[nH]2)CC1)N1CCC1. The highest BCUT2D eigenvalue weighted by Gasteiger charge is 2.27. The van der Waals surface area contributed by atoms with Gasteiger partial charge in [0.15, 0.2) is 0 Å². The average Bonchev–Trinajstić information content (AvgIpc) is 3.40. The normalized spacial score (nSPS) is 16.5. The fraction of sp³-hybridized carbons (Fsp3) is 0.273. The van der Waals surface area contributed by atoms with Gasteiger partial charge in [-0.2, -0.15) is 0 Å². The van der Waals surface area contributed by atoms with Gasteiger partial charge in [0.2, 0.25) is 0 Å². The second kappa shape index (κ2) is 7.35. The van der Waals surface area contributed by atoms with Gasteiger partial charge in [0, 0.05) is 37.6 Å². The Morgan fingerprint density at radius 2 is 2.03 bits per heavy atom. The van der Waals surface area contributed by atoms with Crippen LogP contribution in [0.25, 0.3) is 26.8 Å². The lowest BCUT2D eigenvalue weighted by atomic mass is 10.0. The lowest BCUT2D eigenvalue weighted by molar-refractivity contribution is 0.130. The largest absolute Gasteiger partial charge is 0.340 e. The molecule has 0 atom stereocenters. The van der Waals surface area contributed by atoms with Crippen molar-refractivity contribution in [2.45, 2.75) is 12.8 Å². The number of thiazole rings is 1. The van der Waals surface area contributed by atoms with Crippen LogP contribution in [0.1, 0.15) is 18.5 Å². The molecule has 6 rings (SSSR count). The van der Waals surface area contributed by atoms with E-state index in [1.165, 1.54) is 5.57 Å². The first kappa shape index (κ1) is 18.3. The molecule has 1 saturated heterocycles. The summed E-state index contributed by atoms with van der Waals surface area (Å²) < 4.78 is 1.13. The number of hydrogen-bond acceptors (Lipinski definition) is 6. The molecule has 0 bridgehead atoms. The van der Waals surface area contributed by atoms with Crippen molar-refractivity contribution in [3.05, 3.63) is 47.9 Å². The Balaban J connectivity index is 1.25. The third-order valence-electron chi connectivity index (χ3n) is 5.97. The summed E-state index contributed by atoms with van der Waals surface area (Å²) in [5.74, 6) is 0.766. The number of nitrogens with zero attached hydrogens (tertiary/aromatic N) is 5. The third kappa shape index (κ3) is 3.31. The highest BCUT2D eigenvalue weighted by molar-refractivity contribution is 7.16. The number of H-pyrrole nitrogens is 1. The van der Waals surface area contributed by atoms with Crippen LogP contribution in [0.15, 0.2) is 42.2 Å². The fourth-order valence-electron chi connectivity index (χ4n) is 4.08. The van der Waals surface area contributed by atoms with Gasteiger partial charge in [0.05, 0.1) is 21.1 Å². The molecule has 2 amide bonds. The standard InChI is InChI=1S/C22H21N7OS/c30-22(28-6-1-7-28)29-8-4-14(5-9-29)18-11-16-20(23-12-24-21(16)27-18)26-15-2-3-17-19(10-15)31-13-25-17/h2-4,10-13H,1,5-9H2,(H2,23,24,26,27). The summed E-state index contributed by atoms with van der Waals surface area (Å²) in [6.07, 6.45) is 5.65. The van der Waals surface area contributed by atoms with Crippen molar-refractivity contribution in [1.82, 2.24) is 29.7 Å². The number of likely N-dealkylation sites (tertiary alicyclic amines) is 1.